The number of nitrogens with zero attached hydrogens (tertiary/aromatic N) is 2. The highest BCUT2D eigenvalue weighted by Gasteiger charge is 2.18. The molecule has 1 heterocycles. The van der Waals surface area contributed by atoms with Gasteiger partial charge in [0, 0.05) is 60.4 Å². The highest BCUT2D eigenvalue weighted by Crippen LogP contribution is 2.19. The van der Waals surface area contributed by atoms with E-state index in [4.69, 9.17) is 23.2 Å². The Labute approximate surface area is 174 Å². The summed E-state index contributed by atoms with van der Waals surface area (Å²) in [6.07, 6.45) is 0.307. The molecule has 0 unspecified atom stereocenters. The van der Waals surface area contributed by atoms with Crippen LogP contribution in [-0.4, -0.2) is 49.4 Å². The van der Waals surface area contributed by atoms with E-state index in [2.05, 4.69) is 32.8 Å². The Morgan fingerprint density at radius 3 is 2.18 bits per heavy atom. The SMILES string of the molecule is O=C(CCN1CCN(c2ccccc2)CC1)NNC(=O)c1cc(Cl)cc(Cl)c1. The van der Waals surface area contributed by atoms with Crippen molar-refractivity contribution >= 4 is 40.7 Å². The van der Waals surface area contributed by atoms with Crippen molar-refractivity contribution in [1.82, 2.24) is 15.8 Å². The Hall–Kier alpha value is -2.28. The van der Waals surface area contributed by atoms with Crippen molar-refractivity contribution in [2.45, 2.75) is 6.42 Å². The maximum Gasteiger partial charge on any atom is 0.269 e. The first-order chi connectivity index (χ1) is 13.5. The second-order valence-electron chi connectivity index (χ2n) is 6.57. The molecular weight excluding hydrogens is 399 g/mol. The van der Waals surface area contributed by atoms with Crippen LogP contribution in [0, 0.1) is 0 Å². The molecule has 148 valence electrons. The molecule has 0 atom stereocenters. The lowest BCUT2D eigenvalue weighted by Crippen LogP contribution is -2.48. The summed E-state index contributed by atoms with van der Waals surface area (Å²) in [4.78, 5) is 28.7. The number of nitrogens with one attached hydrogen (secondary N) is 2. The van der Waals surface area contributed by atoms with Gasteiger partial charge in [-0.25, -0.2) is 0 Å². The van der Waals surface area contributed by atoms with Gasteiger partial charge in [-0.2, -0.15) is 0 Å². The van der Waals surface area contributed by atoms with E-state index in [1.165, 1.54) is 23.9 Å². The zero-order valence-electron chi connectivity index (χ0n) is 15.3. The van der Waals surface area contributed by atoms with Gasteiger partial charge < -0.3 is 4.90 Å². The summed E-state index contributed by atoms with van der Waals surface area (Å²) in [5.41, 5.74) is 6.33. The summed E-state index contributed by atoms with van der Waals surface area (Å²) < 4.78 is 0. The Bertz CT molecular complexity index is 804. The number of anilines is 1. The zero-order chi connectivity index (χ0) is 19.9. The van der Waals surface area contributed by atoms with Gasteiger partial charge in [-0.1, -0.05) is 41.4 Å². The van der Waals surface area contributed by atoms with E-state index in [1.807, 2.05) is 18.2 Å². The second kappa shape index (κ2) is 9.78. The quantitative estimate of drug-likeness (QED) is 0.729. The van der Waals surface area contributed by atoms with Crippen LogP contribution in [0.2, 0.25) is 10.0 Å². The predicted octanol–water partition coefficient (Wildman–Crippen LogP) is 2.97. The molecule has 6 nitrogen and oxygen atoms in total. The van der Waals surface area contributed by atoms with E-state index in [0.717, 1.165) is 26.2 Å². The average Bonchev–Trinajstić information content (AvgIpc) is 2.71. The Kier molecular flexibility index (Phi) is 7.14. The van der Waals surface area contributed by atoms with Crippen LogP contribution >= 0.6 is 23.2 Å². The molecule has 1 aliphatic rings. The molecule has 3 rings (SSSR count). The topological polar surface area (TPSA) is 64.7 Å². The molecule has 0 bridgehead atoms. The molecule has 0 aliphatic carbocycles. The minimum atomic E-state index is -0.464. The summed E-state index contributed by atoms with van der Waals surface area (Å²) in [7, 11) is 0. The summed E-state index contributed by atoms with van der Waals surface area (Å²) in [5, 5.41) is 0.720. The third-order valence-electron chi connectivity index (χ3n) is 4.59. The molecular formula is C20H22Cl2N4O2. The van der Waals surface area contributed by atoms with Gasteiger partial charge >= 0.3 is 0 Å². The zero-order valence-corrected chi connectivity index (χ0v) is 16.8. The largest absolute Gasteiger partial charge is 0.369 e. The standard InChI is InChI=1S/C20H22Cl2N4O2/c21-16-12-15(13-17(22)14-16)20(28)24-23-19(27)6-7-25-8-10-26(11-9-25)18-4-2-1-3-5-18/h1-5,12-14H,6-11H2,(H,23,27)(H,24,28). The van der Waals surface area contributed by atoms with Gasteiger partial charge in [-0.05, 0) is 30.3 Å². The van der Waals surface area contributed by atoms with Gasteiger partial charge in [0.2, 0.25) is 5.91 Å². The van der Waals surface area contributed by atoms with Crippen molar-refractivity contribution in [3.05, 3.63) is 64.1 Å². The van der Waals surface area contributed by atoms with Gasteiger partial charge in [0.25, 0.3) is 5.91 Å². The molecule has 2 aromatic carbocycles. The molecule has 1 aliphatic heterocycles. The summed E-state index contributed by atoms with van der Waals surface area (Å²) in [6.45, 7) is 4.30. The van der Waals surface area contributed by atoms with E-state index in [0.29, 0.717) is 23.0 Å². The number of hydrogen-bond donors (Lipinski definition) is 2. The summed E-state index contributed by atoms with van der Waals surface area (Å²) in [5.74, 6) is -0.707. The molecule has 1 saturated heterocycles. The Morgan fingerprint density at radius 1 is 0.893 bits per heavy atom. The van der Waals surface area contributed by atoms with E-state index < -0.39 is 5.91 Å². The van der Waals surface area contributed by atoms with Crippen LogP contribution in [-0.2, 0) is 4.79 Å². The predicted molar refractivity (Wildman–Crippen MR) is 112 cm³/mol. The lowest BCUT2D eigenvalue weighted by atomic mass is 10.2. The molecule has 2 amide bonds. The van der Waals surface area contributed by atoms with Gasteiger partial charge in [-0.3, -0.25) is 25.3 Å². The number of rotatable bonds is 5. The summed E-state index contributed by atoms with van der Waals surface area (Å²) >= 11 is 11.8. The molecule has 0 saturated carbocycles. The van der Waals surface area contributed by atoms with E-state index in [1.54, 1.807) is 0 Å². The Morgan fingerprint density at radius 2 is 1.54 bits per heavy atom. The molecule has 1 fully saturated rings. The smallest absolute Gasteiger partial charge is 0.269 e. The average molecular weight is 421 g/mol. The van der Waals surface area contributed by atoms with Crippen LogP contribution in [0.5, 0.6) is 0 Å². The third kappa shape index (κ3) is 5.86. The van der Waals surface area contributed by atoms with Crippen molar-refractivity contribution in [2.75, 3.05) is 37.6 Å². The number of carbonyl (C=O) groups is 2. The van der Waals surface area contributed by atoms with Crippen LogP contribution in [0.25, 0.3) is 0 Å². The minimum absolute atomic E-state index is 0.244. The second-order valence-corrected chi connectivity index (χ2v) is 7.45. The number of hydrazine groups is 1. The first-order valence-electron chi connectivity index (χ1n) is 9.09. The lowest BCUT2D eigenvalue weighted by molar-refractivity contribution is -0.122. The molecule has 0 radical (unpaired) electrons. The van der Waals surface area contributed by atoms with Crippen molar-refractivity contribution < 1.29 is 9.59 Å². The van der Waals surface area contributed by atoms with Crippen molar-refractivity contribution in [2.24, 2.45) is 0 Å². The van der Waals surface area contributed by atoms with Crippen LogP contribution in [0.4, 0.5) is 5.69 Å². The normalized spacial score (nSPS) is 14.6. The molecule has 8 heteroatoms. The molecule has 28 heavy (non-hydrogen) atoms. The van der Waals surface area contributed by atoms with Gasteiger partial charge in [0.1, 0.15) is 0 Å². The summed E-state index contributed by atoms with van der Waals surface area (Å²) in [6, 6.07) is 14.8. The van der Waals surface area contributed by atoms with Gasteiger partial charge in [-0.15, -0.1) is 0 Å². The van der Waals surface area contributed by atoms with Gasteiger partial charge in [0.15, 0.2) is 0 Å². The van der Waals surface area contributed by atoms with Crippen LogP contribution in [0.15, 0.2) is 48.5 Å². The van der Waals surface area contributed by atoms with Crippen molar-refractivity contribution in [3.8, 4) is 0 Å². The van der Waals surface area contributed by atoms with Gasteiger partial charge in [0.05, 0.1) is 0 Å². The Balaban J connectivity index is 1.37. The lowest BCUT2D eigenvalue weighted by Gasteiger charge is -2.36. The highest BCUT2D eigenvalue weighted by atomic mass is 35.5. The van der Waals surface area contributed by atoms with Crippen LogP contribution in [0.3, 0.4) is 0 Å². The van der Waals surface area contributed by atoms with Crippen molar-refractivity contribution in [1.29, 1.82) is 0 Å². The number of piperazine rings is 1. The third-order valence-corrected chi connectivity index (χ3v) is 5.03. The monoisotopic (exact) mass is 420 g/mol. The maximum atomic E-state index is 12.1. The van der Waals surface area contributed by atoms with Crippen LogP contribution in [0.1, 0.15) is 16.8 Å². The minimum Gasteiger partial charge on any atom is -0.369 e. The fourth-order valence-electron chi connectivity index (χ4n) is 3.07. The number of hydrogen-bond acceptors (Lipinski definition) is 4. The highest BCUT2D eigenvalue weighted by molar-refractivity contribution is 6.35. The number of para-hydroxylation sites is 1. The first kappa shape index (κ1) is 20.5. The molecule has 0 spiro atoms. The van der Waals surface area contributed by atoms with E-state index in [-0.39, 0.29) is 11.5 Å². The fraction of sp³-hybridized carbons (Fsp3) is 0.300. The number of amides is 2. The first-order valence-corrected chi connectivity index (χ1v) is 9.84. The number of halogens is 2. The van der Waals surface area contributed by atoms with E-state index in [9.17, 15) is 9.59 Å². The van der Waals surface area contributed by atoms with E-state index >= 15 is 0 Å². The molecule has 2 aromatic rings. The van der Waals surface area contributed by atoms with Crippen molar-refractivity contribution in [3.63, 3.8) is 0 Å². The van der Waals surface area contributed by atoms with Crippen LogP contribution < -0.4 is 15.8 Å². The number of carbonyl (C=O) groups excluding carboxylic acids is 2. The number of benzene rings is 2. The molecule has 2 N–H and O–H groups in total. The maximum absolute atomic E-state index is 12.1. The molecule has 0 aromatic heterocycles. The fourth-order valence-corrected chi connectivity index (χ4v) is 3.60.